The van der Waals surface area contributed by atoms with E-state index in [0.29, 0.717) is 17.4 Å². The summed E-state index contributed by atoms with van der Waals surface area (Å²) in [5.41, 5.74) is 8.07. The monoisotopic (exact) mass is 301 g/mol. The lowest BCUT2D eigenvalue weighted by Crippen LogP contribution is -2.35. The molecule has 1 aromatic carbocycles. The van der Waals surface area contributed by atoms with Gasteiger partial charge in [0.25, 0.3) is 5.69 Å². The molecular weight excluding hydrogens is 282 g/mol. The third-order valence-corrected chi connectivity index (χ3v) is 4.12. The lowest BCUT2D eigenvalue weighted by Gasteiger charge is -2.33. The third-order valence-electron chi connectivity index (χ3n) is 4.12. The highest BCUT2D eigenvalue weighted by molar-refractivity contribution is 5.68. The maximum atomic E-state index is 11.2. The molecule has 0 amide bonds. The number of aromatic nitrogens is 2. The summed E-state index contributed by atoms with van der Waals surface area (Å²) in [6.45, 7) is 3.49. The van der Waals surface area contributed by atoms with E-state index in [-0.39, 0.29) is 10.6 Å². The smallest absolute Gasteiger partial charge is 0.292 e. The van der Waals surface area contributed by atoms with E-state index < -0.39 is 0 Å². The summed E-state index contributed by atoms with van der Waals surface area (Å²) >= 11 is 0. The van der Waals surface area contributed by atoms with Crippen molar-refractivity contribution in [1.82, 2.24) is 9.78 Å². The molecule has 3 rings (SSSR count). The number of benzene rings is 1. The zero-order valence-corrected chi connectivity index (χ0v) is 12.5. The van der Waals surface area contributed by atoms with Crippen LogP contribution in [0.25, 0.3) is 0 Å². The fourth-order valence-corrected chi connectivity index (χ4v) is 2.96. The summed E-state index contributed by atoms with van der Waals surface area (Å²) in [5, 5.41) is 15.7. The standard InChI is InChI=1S/C15H19N5O2/c1-11-4-9-19(17-11)13-5-7-18(8-6-13)15-10-12(16)2-3-14(15)20(21)22/h2-4,9-10,13H,5-8,16H2,1H3. The molecule has 2 heterocycles. The first-order valence-electron chi connectivity index (χ1n) is 7.35. The highest BCUT2D eigenvalue weighted by atomic mass is 16.6. The van der Waals surface area contributed by atoms with E-state index in [1.54, 1.807) is 12.1 Å². The van der Waals surface area contributed by atoms with Crippen molar-refractivity contribution in [3.63, 3.8) is 0 Å². The topological polar surface area (TPSA) is 90.2 Å². The van der Waals surface area contributed by atoms with Crippen molar-refractivity contribution in [1.29, 1.82) is 0 Å². The number of piperidine rings is 1. The molecule has 116 valence electrons. The number of anilines is 2. The predicted molar refractivity (Wildman–Crippen MR) is 85.0 cm³/mol. The Morgan fingerprint density at radius 2 is 2.05 bits per heavy atom. The first-order valence-corrected chi connectivity index (χ1v) is 7.35. The number of nitrogens with zero attached hydrogens (tertiary/aromatic N) is 4. The van der Waals surface area contributed by atoms with Crippen LogP contribution in [0.5, 0.6) is 0 Å². The summed E-state index contributed by atoms with van der Waals surface area (Å²) in [6.07, 6.45) is 3.82. The molecule has 2 N–H and O–H groups in total. The fraction of sp³-hybridized carbons (Fsp3) is 0.400. The van der Waals surface area contributed by atoms with Gasteiger partial charge in [0.05, 0.1) is 16.7 Å². The summed E-state index contributed by atoms with van der Waals surface area (Å²) in [7, 11) is 0. The van der Waals surface area contributed by atoms with E-state index in [1.807, 2.05) is 28.8 Å². The van der Waals surface area contributed by atoms with Gasteiger partial charge in [-0.3, -0.25) is 14.8 Å². The predicted octanol–water partition coefficient (Wildman–Crippen LogP) is 2.52. The highest BCUT2D eigenvalue weighted by Crippen LogP contribution is 2.34. The normalized spacial score (nSPS) is 16.0. The summed E-state index contributed by atoms with van der Waals surface area (Å²) < 4.78 is 2.00. The van der Waals surface area contributed by atoms with Crippen molar-refractivity contribution >= 4 is 17.1 Å². The van der Waals surface area contributed by atoms with Gasteiger partial charge in [-0.2, -0.15) is 5.10 Å². The Morgan fingerprint density at radius 3 is 2.64 bits per heavy atom. The van der Waals surface area contributed by atoms with Gasteiger partial charge in [0.15, 0.2) is 0 Å². The minimum absolute atomic E-state index is 0.114. The van der Waals surface area contributed by atoms with Gasteiger partial charge in [0, 0.05) is 31.0 Å². The Hall–Kier alpha value is -2.57. The van der Waals surface area contributed by atoms with Crippen molar-refractivity contribution in [3.8, 4) is 0 Å². The quantitative estimate of drug-likeness (QED) is 0.534. The van der Waals surface area contributed by atoms with Gasteiger partial charge < -0.3 is 10.6 Å². The summed E-state index contributed by atoms with van der Waals surface area (Å²) in [4.78, 5) is 12.9. The number of aryl methyl sites for hydroxylation is 1. The molecule has 0 unspecified atom stereocenters. The van der Waals surface area contributed by atoms with E-state index in [0.717, 1.165) is 31.6 Å². The molecule has 7 heteroatoms. The van der Waals surface area contributed by atoms with Crippen LogP contribution in [0.1, 0.15) is 24.6 Å². The largest absolute Gasteiger partial charge is 0.399 e. The van der Waals surface area contributed by atoms with Crippen molar-refractivity contribution in [2.45, 2.75) is 25.8 Å². The molecule has 22 heavy (non-hydrogen) atoms. The number of nitrogen functional groups attached to an aromatic ring is 1. The van der Waals surface area contributed by atoms with Crippen molar-refractivity contribution < 1.29 is 4.92 Å². The van der Waals surface area contributed by atoms with E-state index in [2.05, 4.69) is 5.10 Å². The van der Waals surface area contributed by atoms with Crippen LogP contribution in [0.2, 0.25) is 0 Å². The van der Waals surface area contributed by atoms with Gasteiger partial charge in [-0.15, -0.1) is 0 Å². The van der Waals surface area contributed by atoms with Crippen LogP contribution in [0, 0.1) is 17.0 Å². The van der Waals surface area contributed by atoms with Crippen LogP contribution < -0.4 is 10.6 Å². The highest BCUT2D eigenvalue weighted by Gasteiger charge is 2.26. The van der Waals surface area contributed by atoms with E-state index in [1.165, 1.54) is 6.07 Å². The molecule has 0 bridgehead atoms. The van der Waals surface area contributed by atoms with Crippen LogP contribution in [0.4, 0.5) is 17.1 Å². The second-order valence-electron chi connectivity index (χ2n) is 5.66. The molecular formula is C15H19N5O2. The second-order valence-corrected chi connectivity index (χ2v) is 5.66. The van der Waals surface area contributed by atoms with Crippen molar-refractivity contribution in [2.24, 2.45) is 0 Å². The van der Waals surface area contributed by atoms with Crippen molar-refractivity contribution in [2.75, 3.05) is 23.7 Å². The van der Waals surface area contributed by atoms with Gasteiger partial charge in [-0.05, 0) is 38.0 Å². The van der Waals surface area contributed by atoms with Crippen LogP contribution in [-0.2, 0) is 0 Å². The van der Waals surface area contributed by atoms with Gasteiger partial charge >= 0.3 is 0 Å². The number of hydrogen-bond donors (Lipinski definition) is 1. The number of hydrogen-bond acceptors (Lipinski definition) is 5. The number of nitro groups is 1. The van der Waals surface area contributed by atoms with Crippen LogP contribution in [0.15, 0.2) is 30.5 Å². The van der Waals surface area contributed by atoms with Crippen LogP contribution in [0.3, 0.4) is 0 Å². The average Bonchev–Trinajstić information content (AvgIpc) is 2.93. The Balaban J connectivity index is 1.76. The van der Waals surface area contributed by atoms with Gasteiger partial charge in [0.2, 0.25) is 0 Å². The minimum atomic E-state index is -0.349. The molecule has 0 spiro atoms. The lowest BCUT2D eigenvalue weighted by molar-refractivity contribution is -0.384. The molecule has 1 saturated heterocycles. The molecule has 1 aromatic heterocycles. The molecule has 2 aromatic rings. The van der Waals surface area contributed by atoms with E-state index in [9.17, 15) is 10.1 Å². The molecule has 1 aliphatic heterocycles. The molecule has 0 saturated carbocycles. The zero-order valence-electron chi connectivity index (χ0n) is 12.5. The number of nitrogens with two attached hydrogens (primary N) is 1. The molecule has 0 radical (unpaired) electrons. The maximum absolute atomic E-state index is 11.2. The first-order chi connectivity index (χ1) is 10.5. The molecule has 0 aliphatic carbocycles. The molecule has 7 nitrogen and oxygen atoms in total. The van der Waals surface area contributed by atoms with Crippen LogP contribution >= 0.6 is 0 Å². The Bertz CT molecular complexity index is 689. The lowest BCUT2D eigenvalue weighted by atomic mass is 10.0. The summed E-state index contributed by atoms with van der Waals surface area (Å²) in [5.74, 6) is 0. The van der Waals surface area contributed by atoms with Crippen molar-refractivity contribution in [3.05, 3.63) is 46.3 Å². The minimum Gasteiger partial charge on any atom is -0.399 e. The van der Waals surface area contributed by atoms with Crippen LogP contribution in [-0.4, -0.2) is 27.8 Å². The molecule has 0 atom stereocenters. The Labute approximate surface area is 128 Å². The first kappa shape index (κ1) is 14.4. The summed E-state index contributed by atoms with van der Waals surface area (Å²) in [6, 6.07) is 7.09. The maximum Gasteiger partial charge on any atom is 0.292 e. The third kappa shape index (κ3) is 2.74. The van der Waals surface area contributed by atoms with Gasteiger partial charge in [0.1, 0.15) is 5.69 Å². The zero-order chi connectivity index (χ0) is 15.7. The average molecular weight is 301 g/mol. The second kappa shape index (κ2) is 5.67. The van der Waals surface area contributed by atoms with E-state index in [4.69, 9.17) is 5.73 Å². The fourth-order valence-electron chi connectivity index (χ4n) is 2.96. The van der Waals surface area contributed by atoms with E-state index >= 15 is 0 Å². The SMILES string of the molecule is Cc1ccn(C2CCN(c3cc(N)ccc3[N+](=O)[O-])CC2)n1. The molecule has 1 aliphatic rings. The number of nitro benzene ring substituents is 1. The van der Waals surface area contributed by atoms with Gasteiger partial charge in [-0.1, -0.05) is 0 Å². The Morgan fingerprint density at radius 1 is 1.32 bits per heavy atom. The molecule has 1 fully saturated rings. The number of rotatable bonds is 3. The Kier molecular flexibility index (Phi) is 3.70. The van der Waals surface area contributed by atoms with Gasteiger partial charge in [-0.25, -0.2) is 0 Å².